The van der Waals surface area contributed by atoms with Crippen LogP contribution in [0.5, 0.6) is 0 Å². The maximum atomic E-state index is 12.7. The van der Waals surface area contributed by atoms with Gasteiger partial charge in [-0.2, -0.15) is 0 Å². The smallest absolute Gasteiger partial charge is 0.306 e. The highest BCUT2D eigenvalue weighted by molar-refractivity contribution is 7.45. The minimum Gasteiger partial charge on any atom is -0.756 e. The van der Waals surface area contributed by atoms with Crippen molar-refractivity contribution in [3.8, 4) is 0 Å². The number of rotatable bonds is 44. The molecule has 0 heterocycles. The monoisotopic (exact) mass is 926 g/mol. The van der Waals surface area contributed by atoms with Crippen LogP contribution in [0.4, 0.5) is 0 Å². The van der Waals surface area contributed by atoms with Crippen LogP contribution in [-0.2, 0) is 32.7 Å². The molecule has 0 saturated heterocycles. The Labute approximate surface area is 397 Å². The average Bonchev–Trinajstić information content (AvgIpc) is 3.26. The van der Waals surface area contributed by atoms with Crippen LogP contribution >= 0.6 is 7.82 Å². The number of phosphoric acid groups is 1. The van der Waals surface area contributed by atoms with Gasteiger partial charge in [0.2, 0.25) is 0 Å². The Hall–Kier alpha value is -3.33. The Morgan fingerprint density at radius 1 is 0.492 bits per heavy atom. The van der Waals surface area contributed by atoms with Gasteiger partial charge in [-0.15, -0.1) is 0 Å². The molecule has 10 heteroatoms. The van der Waals surface area contributed by atoms with Crippen molar-refractivity contribution in [3.05, 3.63) is 109 Å². The fourth-order valence-electron chi connectivity index (χ4n) is 6.13. The van der Waals surface area contributed by atoms with Gasteiger partial charge >= 0.3 is 11.9 Å². The van der Waals surface area contributed by atoms with Gasteiger partial charge in [0.1, 0.15) is 19.8 Å². The highest BCUT2D eigenvalue weighted by Gasteiger charge is 2.21. The van der Waals surface area contributed by atoms with E-state index in [0.29, 0.717) is 23.9 Å². The van der Waals surface area contributed by atoms with Gasteiger partial charge in [0.05, 0.1) is 27.7 Å². The van der Waals surface area contributed by atoms with E-state index in [-0.39, 0.29) is 26.1 Å². The molecule has 0 aliphatic heterocycles. The molecule has 0 aliphatic rings. The number of carbonyl (C=O) groups excluding carboxylic acids is 2. The standard InChI is InChI=1S/C55H92NO8P/c1-6-8-10-12-14-16-18-20-21-22-23-24-25-26-27-28-29-30-31-32-33-34-35-36-38-40-42-44-46-48-55(58)64-53(52-63-65(59,60)62-50-49-56(3,4)5)51-61-54(57)47-45-43-41-39-37-19-17-15-13-11-9-7-2/h8,10,14-17,20-21,23-24,26-27,29-30,32-33,35-36,53H,6-7,9,11-13,18-19,22,25,28,31,34,37-52H2,1-5H3/b10-8-,16-14-,17-15-,21-20-,24-23-,27-26-,30-29-,33-32-,36-35-. The molecular formula is C55H92NO8P. The molecular weight excluding hydrogens is 834 g/mol. The predicted octanol–water partition coefficient (Wildman–Crippen LogP) is 14.4. The summed E-state index contributed by atoms with van der Waals surface area (Å²) < 4.78 is 33.9. The minimum atomic E-state index is -4.64. The molecule has 0 saturated carbocycles. The van der Waals surface area contributed by atoms with E-state index in [1.165, 1.54) is 19.3 Å². The summed E-state index contributed by atoms with van der Waals surface area (Å²) in [4.78, 5) is 37.6. The number of nitrogens with zero attached hydrogens (tertiary/aromatic N) is 1. The minimum absolute atomic E-state index is 0.0436. The first kappa shape index (κ1) is 61.7. The molecule has 370 valence electrons. The van der Waals surface area contributed by atoms with Crippen LogP contribution in [0.1, 0.15) is 174 Å². The predicted molar refractivity (Wildman–Crippen MR) is 272 cm³/mol. The van der Waals surface area contributed by atoms with E-state index < -0.39 is 32.5 Å². The molecule has 0 amide bonds. The van der Waals surface area contributed by atoms with Crippen molar-refractivity contribution in [2.75, 3.05) is 47.5 Å². The SMILES string of the molecule is CC/C=C\C/C=C\C/C=C\C/C=C\C/C=C\C/C=C\C/C=C\C/C=C\CCCCCCC(=O)OC(COC(=O)CCCCCCC/C=C\CCCCC)COP(=O)([O-])OCC[N+](C)(C)C. The fraction of sp³-hybridized carbons (Fsp3) is 0.636. The van der Waals surface area contributed by atoms with E-state index in [2.05, 4.69) is 123 Å². The lowest BCUT2D eigenvalue weighted by Gasteiger charge is -2.28. The maximum absolute atomic E-state index is 12.7. The van der Waals surface area contributed by atoms with E-state index in [9.17, 15) is 19.0 Å². The van der Waals surface area contributed by atoms with E-state index in [0.717, 1.165) is 116 Å². The number of carbonyl (C=O) groups is 2. The van der Waals surface area contributed by atoms with Crippen molar-refractivity contribution in [1.29, 1.82) is 0 Å². The number of ether oxygens (including phenoxy) is 2. The first-order chi connectivity index (χ1) is 31.5. The van der Waals surface area contributed by atoms with E-state index in [4.69, 9.17) is 18.5 Å². The third-order valence-electron chi connectivity index (χ3n) is 10.0. The van der Waals surface area contributed by atoms with Gasteiger partial charge in [0.15, 0.2) is 6.10 Å². The molecule has 0 N–H and O–H groups in total. The van der Waals surface area contributed by atoms with Gasteiger partial charge in [-0.3, -0.25) is 14.2 Å². The van der Waals surface area contributed by atoms with Crippen molar-refractivity contribution in [2.24, 2.45) is 0 Å². The van der Waals surface area contributed by atoms with Gasteiger partial charge < -0.3 is 27.9 Å². The first-order valence-corrected chi connectivity index (χ1v) is 26.6. The third-order valence-corrected chi connectivity index (χ3v) is 11.0. The molecule has 0 aromatic heterocycles. The van der Waals surface area contributed by atoms with Crippen LogP contribution in [0.15, 0.2) is 109 Å². The van der Waals surface area contributed by atoms with E-state index in [1.54, 1.807) is 0 Å². The van der Waals surface area contributed by atoms with Crippen molar-refractivity contribution in [1.82, 2.24) is 0 Å². The Balaban J connectivity index is 4.31. The zero-order valence-electron chi connectivity index (χ0n) is 41.6. The van der Waals surface area contributed by atoms with Gasteiger partial charge in [-0.1, -0.05) is 168 Å². The topological polar surface area (TPSA) is 111 Å². The Kier molecular flexibility index (Phi) is 43.5. The lowest BCUT2D eigenvalue weighted by molar-refractivity contribution is -0.870. The second-order valence-electron chi connectivity index (χ2n) is 17.4. The summed E-state index contributed by atoms with van der Waals surface area (Å²) in [5.41, 5.74) is 0. The summed E-state index contributed by atoms with van der Waals surface area (Å²) in [6.07, 6.45) is 62.7. The van der Waals surface area contributed by atoms with Crippen LogP contribution in [0.2, 0.25) is 0 Å². The molecule has 0 radical (unpaired) electrons. The van der Waals surface area contributed by atoms with Crippen molar-refractivity contribution >= 4 is 19.8 Å². The van der Waals surface area contributed by atoms with Crippen LogP contribution in [-0.4, -0.2) is 70.0 Å². The number of phosphoric ester groups is 1. The molecule has 0 aliphatic carbocycles. The largest absolute Gasteiger partial charge is 0.756 e. The zero-order valence-corrected chi connectivity index (χ0v) is 42.5. The second kappa shape index (κ2) is 45.8. The number of esters is 2. The van der Waals surface area contributed by atoms with Gasteiger partial charge in [0, 0.05) is 12.8 Å². The molecule has 9 nitrogen and oxygen atoms in total. The second-order valence-corrected chi connectivity index (χ2v) is 18.9. The molecule has 65 heavy (non-hydrogen) atoms. The summed E-state index contributed by atoms with van der Waals surface area (Å²) in [7, 11) is 1.12. The third kappa shape index (κ3) is 49.9. The number of allylic oxidation sites excluding steroid dienone is 18. The number of unbranched alkanes of at least 4 members (excludes halogenated alkanes) is 12. The van der Waals surface area contributed by atoms with Crippen LogP contribution in [0, 0.1) is 0 Å². The highest BCUT2D eigenvalue weighted by atomic mass is 31.2. The van der Waals surface area contributed by atoms with Crippen molar-refractivity contribution in [3.63, 3.8) is 0 Å². The number of hydrogen-bond acceptors (Lipinski definition) is 8. The van der Waals surface area contributed by atoms with Crippen LogP contribution < -0.4 is 4.89 Å². The Morgan fingerprint density at radius 2 is 0.877 bits per heavy atom. The van der Waals surface area contributed by atoms with Gasteiger partial charge in [-0.05, 0) is 103 Å². The zero-order chi connectivity index (χ0) is 47.8. The number of likely N-dealkylation sites (N-methyl/N-ethyl adjacent to an activating group) is 1. The van der Waals surface area contributed by atoms with Gasteiger partial charge in [0.25, 0.3) is 7.82 Å². The summed E-state index contributed by atoms with van der Waals surface area (Å²) in [6, 6.07) is 0. The number of hydrogen-bond donors (Lipinski definition) is 0. The Morgan fingerprint density at radius 3 is 1.32 bits per heavy atom. The molecule has 2 unspecified atom stereocenters. The lowest BCUT2D eigenvalue weighted by Crippen LogP contribution is -2.37. The molecule has 2 atom stereocenters. The molecule has 0 aromatic carbocycles. The Bertz CT molecular complexity index is 1470. The van der Waals surface area contributed by atoms with Crippen LogP contribution in [0.3, 0.4) is 0 Å². The molecule has 0 spiro atoms. The molecule has 0 bridgehead atoms. The maximum Gasteiger partial charge on any atom is 0.306 e. The normalized spacial score (nSPS) is 14.4. The van der Waals surface area contributed by atoms with Crippen LogP contribution in [0.25, 0.3) is 0 Å². The van der Waals surface area contributed by atoms with Gasteiger partial charge in [-0.25, -0.2) is 0 Å². The highest BCUT2D eigenvalue weighted by Crippen LogP contribution is 2.38. The van der Waals surface area contributed by atoms with E-state index in [1.807, 2.05) is 21.1 Å². The van der Waals surface area contributed by atoms with E-state index >= 15 is 0 Å². The first-order valence-electron chi connectivity index (χ1n) is 25.1. The summed E-state index contributed by atoms with van der Waals surface area (Å²) >= 11 is 0. The molecule has 0 aromatic rings. The molecule has 0 fully saturated rings. The quantitative estimate of drug-likeness (QED) is 0.0195. The fourth-order valence-corrected chi connectivity index (χ4v) is 6.86. The average molecular weight is 926 g/mol. The summed E-state index contributed by atoms with van der Waals surface area (Å²) in [5.74, 6) is -0.885. The molecule has 0 rings (SSSR count). The lowest BCUT2D eigenvalue weighted by atomic mass is 10.1. The summed E-state index contributed by atoms with van der Waals surface area (Å²) in [5, 5.41) is 0. The van der Waals surface area contributed by atoms with Crippen molar-refractivity contribution in [2.45, 2.75) is 180 Å². The van der Waals surface area contributed by atoms with Crippen molar-refractivity contribution < 1.29 is 42.1 Å². The summed E-state index contributed by atoms with van der Waals surface area (Å²) in [6.45, 7) is 4.02. The number of quaternary nitrogens is 1.